The second-order valence-corrected chi connectivity index (χ2v) is 16.0. The van der Waals surface area contributed by atoms with Crippen LogP contribution in [0.1, 0.15) is 43.7 Å². The summed E-state index contributed by atoms with van der Waals surface area (Å²) in [6, 6.07) is 21.3. The number of nitrogens with one attached hydrogen (secondary N) is 1. The van der Waals surface area contributed by atoms with Crippen LogP contribution in [0, 0.1) is 0 Å². The average Bonchev–Trinajstić information content (AvgIpc) is 3.89. The fourth-order valence-corrected chi connectivity index (χ4v) is 8.63. The van der Waals surface area contributed by atoms with Gasteiger partial charge in [0.05, 0.1) is 5.51 Å². The highest BCUT2D eigenvalue weighted by Gasteiger charge is 2.55. The predicted octanol–water partition coefficient (Wildman–Crippen LogP) is 4.42. The van der Waals surface area contributed by atoms with E-state index in [0.717, 1.165) is 11.1 Å². The first kappa shape index (κ1) is 37.7. The minimum atomic E-state index is -1.01. The number of aromatic nitrogens is 5. The number of nitrogens with zero attached hydrogens (tertiary/aromatic N) is 7. The summed E-state index contributed by atoms with van der Waals surface area (Å²) in [5.74, 6) is -1.92. The molecule has 5 heterocycles. The number of rotatable bonds is 13. The van der Waals surface area contributed by atoms with Gasteiger partial charge in [-0.05, 0) is 49.6 Å². The molecule has 0 aliphatic carbocycles. The van der Waals surface area contributed by atoms with Gasteiger partial charge in [-0.3, -0.25) is 14.5 Å². The van der Waals surface area contributed by atoms with Crippen molar-refractivity contribution in [3.05, 3.63) is 118 Å². The van der Waals surface area contributed by atoms with E-state index in [-0.39, 0.29) is 17.1 Å². The van der Waals surface area contributed by atoms with Crippen LogP contribution in [0.25, 0.3) is 5.65 Å². The van der Waals surface area contributed by atoms with Crippen molar-refractivity contribution in [2.45, 2.75) is 48.9 Å². The number of esters is 2. The van der Waals surface area contributed by atoms with Gasteiger partial charge in [-0.2, -0.15) is 9.61 Å². The van der Waals surface area contributed by atoms with Crippen molar-refractivity contribution >= 4 is 70.0 Å². The first-order valence-corrected chi connectivity index (χ1v) is 19.9. The van der Waals surface area contributed by atoms with Crippen LogP contribution in [0.3, 0.4) is 0 Å². The molecule has 55 heavy (non-hydrogen) atoms. The van der Waals surface area contributed by atoms with Crippen LogP contribution < -0.4 is 5.32 Å². The zero-order chi connectivity index (χ0) is 38.5. The van der Waals surface area contributed by atoms with E-state index in [4.69, 9.17) is 14.3 Å². The molecule has 18 heteroatoms. The summed E-state index contributed by atoms with van der Waals surface area (Å²) < 4.78 is 13.1. The third-order valence-corrected chi connectivity index (χ3v) is 11.1. The summed E-state index contributed by atoms with van der Waals surface area (Å²) in [7, 11) is 0. The lowest BCUT2D eigenvalue weighted by Gasteiger charge is -2.49. The van der Waals surface area contributed by atoms with E-state index in [1.54, 1.807) is 36.7 Å². The molecule has 3 aromatic heterocycles. The van der Waals surface area contributed by atoms with Crippen LogP contribution in [0.15, 0.2) is 111 Å². The number of fused-ring (bicyclic) bond motifs is 2. The molecule has 2 aliphatic heterocycles. The number of amides is 2. The lowest BCUT2D eigenvalue weighted by molar-refractivity contribution is -0.160. The Kier molecular flexibility index (Phi) is 11.3. The molecule has 2 aliphatic rings. The molecule has 1 unspecified atom stereocenters. The molecule has 0 saturated carbocycles. The molecule has 0 bridgehead atoms. The highest BCUT2D eigenvalue weighted by Crippen LogP contribution is 2.43. The fraction of sp³-hybridized carbons (Fsp3) is 0.270. The van der Waals surface area contributed by atoms with E-state index in [1.165, 1.54) is 51.6 Å². The van der Waals surface area contributed by atoms with Crippen LogP contribution in [-0.2, 0) is 33.5 Å². The van der Waals surface area contributed by atoms with Crippen LogP contribution in [0.2, 0.25) is 0 Å². The number of thiazole rings is 1. The minimum Gasteiger partial charge on any atom is -0.457 e. The molecule has 5 aromatic rings. The van der Waals surface area contributed by atoms with Crippen molar-refractivity contribution in [2.24, 2.45) is 5.16 Å². The molecule has 7 rings (SSSR count). The van der Waals surface area contributed by atoms with Crippen molar-refractivity contribution in [3.8, 4) is 0 Å². The lowest BCUT2D eigenvalue weighted by Crippen LogP contribution is -2.71. The van der Waals surface area contributed by atoms with Crippen molar-refractivity contribution in [3.63, 3.8) is 0 Å². The SMILES string of the molecule is CC(C)(C)OC(=O)CON=C(C(=O)NC1C(=O)N2C(C(=O)OC(c3ccccc3)c3ccccc3)=C(CSc3ccc4nncn4n3)CS[C@H]12)c1cscn1. The molecular formula is C37H34N8O7S3. The van der Waals surface area contributed by atoms with Crippen LogP contribution in [-0.4, -0.2) is 94.3 Å². The summed E-state index contributed by atoms with van der Waals surface area (Å²) in [6.45, 7) is 4.61. The van der Waals surface area contributed by atoms with Crippen molar-refractivity contribution < 1.29 is 33.5 Å². The van der Waals surface area contributed by atoms with Gasteiger partial charge in [-0.15, -0.1) is 45.1 Å². The summed E-state index contributed by atoms with van der Waals surface area (Å²) >= 11 is 4.02. The van der Waals surface area contributed by atoms with Crippen molar-refractivity contribution in [1.82, 2.24) is 35.0 Å². The maximum Gasteiger partial charge on any atom is 0.356 e. The molecule has 15 nitrogen and oxygen atoms in total. The molecule has 2 amide bonds. The molecule has 2 aromatic carbocycles. The summed E-state index contributed by atoms with van der Waals surface area (Å²) in [6.07, 6.45) is 0.743. The van der Waals surface area contributed by atoms with E-state index in [2.05, 4.69) is 30.8 Å². The second kappa shape index (κ2) is 16.4. The van der Waals surface area contributed by atoms with Gasteiger partial charge in [0.15, 0.2) is 17.5 Å². The number of ether oxygens (including phenoxy) is 2. The van der Waals surface area contributed by atoms with Crippen molar-refractivity contribution in [1.29, 1.82) is 0 Å². The van der Waals surface area contributed by atoms with Gasteiger partial charge in [0.2, 0.25) is 6.61 Å². The van der Waals surface area contributed by atoms with Gasteiger partial charge in [0.25, 0.3) is 11.8 Å². The quantitative estimate of drug-likeness (QED) is 0.0582. The summed E-state index contributed by atoms with van der Waals surface area (Å²) in [5.41, 5.74) is 3.64. The second-order valence-electron chi connectivity index (χ2n) is 13.2. The number of hydrogen-bond acceptors (Lipinski definition) is 15. The van der Waals surface area contributed by atoms with Gasteiger partial charge >= 0.3 is 11.9 Å². The fourth-order valence-electron chi connectivity index (χ4n) is 5.74. The van der Waals surface area contributed by atoms with Gasteiger partial charge in [-0.1, -0.05) is 65.8 Å². The Bertz CT molecular complexity index is 2220. The highest BCUT2D eigenvalue weighted by atomic mass is 32.2. The molecule has 1 fully saturated rings. The molecule has 2 atom stereocenters. The Hall–Kier alpha value is -5.59. The minimum absolute atomic E-state index is 0.114. The predicted molar refractivity (Wildman–Crippen MR) is 205 cm³/mol. The van der Waals surface area contributed by atoms with Gasteiger partial charge in [-0.25, -0.2) is 14.6 Å². The van der Waals surface area contributed by atoms with Crippen molar-refractivity contribution in [2.75, 3.05) is 18.1 Å². The Labute approximate surface area is 327 Å². The van der Waals surface area contributed by atoms with Gasteiger partial charge < -0.3 is 19.6 Å². The van der Waals surface area contributed by atoms with Crippen LogP contribution in [0.4, 0.5) is 0 Å². The third kappa shape index (κ3) is 8.71. The zero-order valence-electron chi connectivity index (χ0n) is 29.7. The molecule has 1 N–H and O–H groups in total. The monoisotopic (exact) mass is 798 g/mol. The first-order valence-electron chi connectivity index (χ1n) is 16.9. The smallest absolute Gasteiger partial charge is 0.356 e. The van der Waals surface area contributed by atoms with Crippen LogP contribution in [0.5, 0.6) is 0 Å². The number of carbonyl (C=O) groups excluding carboxylic acids is 4. The Morgan fingerprint density at radius 3 is 2.44 bits per heavy atom. The van der Waals surface area contributed by atoms with E-state index in [1.807, 2.05) is 66.7 Å². The maximum absolute atomic E-state index is 14.4. The first-order chi connectivity index (χ1) is 26.6. The normalized spacial score (nSPS) is 17.1. The molecule has 0 radical (unpaired) electrons. The lowest BCUT2D eigenvalue weighted by atomic mass is 10.0. The van der Waals surface area contributed by atoms with E-state index in [9.17, 15) is 19.2 Å². The zero-order valence-corrected chi connectivity index (χ0v) is 32.2. The Morgan fingerprint density at radius 2 is 1.76 bits per heavy atom. The van der Waals surface area contributed by atoms with Gasteiger partial charge in [0.1, 0.15) is 39.8 Å². The van der Waals surface area contributed by atoms with E-state index >= 15 is 0 Å². The van der Waals surface area contributed by atoms with Gasteiger partial charge in [0, 0.05) is 16.9 Å². The number of thioether (sulfide) groups is 2. The number of carbonyl (C=O) groups is 4. The number of oxime groups is 1. The number of benzene rings is 2. The van der Waals surface area contributed by atoms with Crippen LogP contribution >= 0.6 is 34.9 Å². The average molecular weight is 799 g/mol. The van der Waals surface area contributed by atoms with E-state index in [0.29, 0.717) is 27.8 Å². The standard InChI is InChI=1S/C37H34N8O7S3/c1-37(2,3)52-28(46)16-50-43-29(25-19-53-21-38-25)33(47)40-30-34(48)45-31(36(49)51-32(22-10-6-4-7-11-22)23-12-8-5-9-13-23)24(18-55-35(30)45)17-54-27-15-14-26-41-39-20-44(26)42-27/h4-15,19-21,30,32,35H,16-18H2,1-3H3,(H,40,47)/t30?,35-/m1/s1. The largest absolute Gasteiger partial charge is 0.457 e. The molecular weight excluding hydrogens is 765 g/mol. The molecule has 282 valence electrons. The third-order valence-electron chi connectivity index (χ3n) is 8.14. The topological polar surface area (TPSA) is 180 Å². The Balaban J connectivity index is 1.14. The number of β-lactam (4-membered cyclic amide) rings is 1. The highest BCUT2D eigenvalue weighted by molar-refractivity contribution is 8.01. The van der Waals surface area contributed by atoms with E-state index < -0.39 is 53.5 Å². The summed E-state index contributed by atoms with van der Waals surface area (Å²) in [5, 5.41) is 20.7. The molecule has 1 saturated heterocycles. The maximum atomic E-state index is 14.4. The summed E-state index contributed by atoms with van der Waals surface area (Å²) in [4.78, 5) is 65.1. The molecule has 0 spiro atoms. The number of hydrogen-bond donors (Lipinski definition) is 1. The Morgan fingerprint density at radius 1 is 1.04 bits per heavy atom.